The summed E-state index contributed by atoms with van der Waals surface area (Å²) in [6.45, 7) is 7.30. The van der Waals surface area contributed by atoms with Gasteiger partial charge in [0.15, 0.2) is 0 Å². The van der Waals surface area contributed by atoms with Crippen molar-refractivity contribution in [2.24, 2.45) is 0 Å². The summed E-state index contributed by atoms with van der Waals surface area (Å²) < 4.78 is 0. The van der Waals surface area contributed by atoms with Crippen LogP contribution in [-0.2, 0) is 0 Å². The van der Waals surface area contributed by atoms with Gasteiger partial charge in [-0.25, -0.2) is 0 Å². The number of anilines is 2. The van der Waals surface area contributed by atoms with Crippen molar-refractivity contribution in [1.82, 2.24) is 10.3 Å². The van der Waals surface area contributed by atoms with E-state index in [1.807, 2.05) is 13.2 Å². The second-order valence-electron chi connectivity index (χ2n) is 5.03. The highest BCUT2D eigenvalue weighted by molar-refractivity contribution is 5.62. The van der Waals surface area contributed by atoms with Crippen LogP contribution in [0.2, 0.25) is 0 Å². The molecular weight excluding hydrogens is 246 g/mol. The van der Waals surface area contributed by atoms with Gasteiger partial charge in [-0.1, -0.05) is 17.7 Å². The molecule has 1 aromatic carbocycles. The summed E-state index contributed by atoms with van der Waals surface area (Å²) in [5.74, 6) is 0. The minimum Gasteiger partial charge on any atom is -0.341 e. The third-order valence-corrected chi connectivity index (χ3v) is 3.62. The van der Waals surface area contributed by atoms with Gasteiger partial charge < -0.3 is 10.2 Å². The molecule has 0 aliphatic rings. The summed E-state index contributed by atoms with van der Waals surface area (Å²) in [6, 6.07) is 13.1. The third-order valence-electron chi connectivity index (χ3n) is 3.62. The number of hydrogen-bond acceptors (Lipinski definition) is 3. The average Bonchev–Trinajstić information content (AvgIpc) is 2.50. The average molecular weight is 269 g/mol. The van der Waals surface area contributed by atoms with Gasteiger partial charge in [0.25, 0.3) is 0 Å². The molecule has 2 rings (SSSR count). The number of nitrogens with one attached hydrogen (secondary N) is 1. The van der Waals surface area contributed by atoms with Crippen LogP contribution in [0.15, 0.2) is 42.6 Å². The monoisotopic (exact) mass is 269 g/mol. The molecule has 0 spiro atoms. The maximum Gasteiger partial charge on any atom is 0.0597 e. The highest BCUT2D eigenvalue weighted by Crippen LogP contribution is 2.25. The van der Waals surface area contributed by atoms with Crippen molar-refractivity contribution >= 4 is 11.4 Å². The molecule has 0 amide bonds. The van der Waals surface area contributed by atoms with E-state index in [-0.39, 0.29) is 6.04 Å². The molecule has 0 saturated heterocycles. The van der Waals surface area contributed by atoms with Gasteiger partial charge in [0.2, 0.25) is 0 Å². The number of rotatable bonds is 5. The zero-order valence-electron chi connectivity index (χ0n) is 12.7. The molecule has 1 unspecified atom stereocenters. The fourth-order valence-electron chi connectivity index (χ4n) is 2.20. The third kappa shape index (κ3) is 3.17. The number of nitrogens with zero attached hydrogens (tertiary/aromatic N) is 2. The van der Waals surface area contributed by atoms with Crippen LogP contribution >= 0.6 is 0 Å². The second kappa shape index (κ2) is 6.53. The molecule has 3 heteroatoms. The number of pyridine rings is 1. The maximum absolute atomic E-state index is 4.56. The Hall–Kier alpha value is -1.87. The van der Waals surface area contributed by atoms with Crippen LogP contribution in [0.25, 0.3) is 0 Å². The Balaban J connectivity index is 2.25. The Labute approximate surface area is 121 Å². The van der Waals surface area contributed by atoms with Crippen LogP contribution in [0, 0.1) is 6.92 Å². The molecule has 1 atom stereocenters. The summed E-state index contributed by atoms with van der Waals surface area (Å²) in [7, 11) is 1.95. The van der Waals surface area contributed by atoms with Crippen LogP contribution < -0.4 is 10.2 Å². The van der Waals surface area contributed by atoms with Gasteiger partial charge in [-0.15, -0.1) is 0 Å². The quantitative estimate of drug-likeness (QED) is 0.894. The molecule has 20 heavy (non-hydrogen) atoms. The van der Waals surface area contributed by atoms with Crippen molar-refractivity contribution in [3.63, 3.8) is 0 Å². The van der Waals surface area contributed by atoms with Crippen molar-refractivity contribution < 1.29 is 0 Å². The SMILES string of the molecule is CCN(c1ccc(C)cc1)c1ccc(C(C)NC)nc1. The van der Waals surface area contributed by atoms with E-state index in [4.69, 9.17) is 0 Å². The van der Waals surface area contributed by atoms with Crippen molar-refractivity contribution in [3.05, 3.63) is 53.9 Å². The molecule has 1 heterocycles. The van der Waals surface area contributed by atoms with Crippen molar-refractivity contribution in [1.29, 1.82) is 0 Å². The Morgan fingerprint density at radius 1 is 1.10 bits per heavy atom. The number of hydrogen-bond donors (Lipinski definition) is 1. The van der Waals surface area contributed by atoms with Gasteiger partial charge in [-0.2, -0.15) is 0 Å². The van der Waals surface area contributed by atoms with Crippen LogP contribution in [-0.4, -0.2) is 18.6 Å². The summed E-state index contributed by atoms with van der Waals surface area (Å²) in [4.78, 5) is 6.82. The van der Waals surface area contributed by atoms with Gasteiger partial charge >= 0.3 is 0 Å². The lowest BCUT2D eigenvalue weighted by molar-refractivity contribution is 0.633. The normalized spacial score (nSPS) is 12.2. The highest BCUT2D eigenvalue weighted by atomic mass is 15.1. The lowest BCUT2D eigenvalue weighted by Crippen LogP contribution is -2.17. The lowest BCUT2D eigenvalue weighted by atomic mass is 10.2. The fourth-order valence-corrected chi connectivity index (χ4v) is 2.20. The van der Waals surface area contributed by atoms with Crippen LogP contribution in [0.3, 0.4) is 0 Å². The molecule has 1 aromatic heterocycles. The summed E-state index contributed by atoms with van der Waals surface area (Å²) in [5, 5.41) is 3.21. The number of aromatic nitrogens is 1. The molecular formula is C17H23N3. The van der Waals surface area contributed by atoms with Gasteiger partial charge in [0.1, 0.15) is 0 Å². The zero-order chi connectivity index (χ0) is 14.5. The highest BCUT2D eigenvalue weighted by Gasteiger charge is 2.09. The van der Waals surface area contributed by atoms with E-state index in [1.165, 1.54) is 11.3 Å². The molecule has 0 aliphatic heterocycles. The van der Waals surface area contributed by atoms with E-state index in [2.05, 4.69) is 72.4 Å². The minimum absolute atomic E-state index is 0.276. The van der Waals surface area contributed by atoms with Crippen LogP contribution in [0.4, 0.5) is 11.4 Å². The van der Waals surface area contributed by atoms with E-state index in [0.717, 1.165) is 17.9 Å². The van der Waals surface area contributed by atoms with Gasteiger partial charge in [0.05, 0.1) is 17.6 Å². The van der Waals surface area contributed by atoms with Crippen molar-refractivity contribution in [2.75, 3.05) is 18.5 Å². The smallest absolute Gasteiger partial charge is 0.0597 e. The zero-order valence-corrected chi connectivity index (χ0v) is 12.7. The van der Waals surface area contributed by atoms with Crippen LogP contribution in [0.1, 0.15) is 31.1 Å². The molecule has 2 aromatic rings. The molecule has 0 fully saturated rings. The first-order valence-corrected chi connectivity index (χ1v) is 7.13. The summed E-state index contributed by atoms with van der Waals surface area (Å²) in [5.41, 5.74) is 4.68. The van der Waals surface area contributed by atoms with Crippen LogP contribution in [0.5, 0.6) is 0 Å². The lowest BCUT2D eigenvalue weighted by Gasteiger charge is -2.23. The summed E-state index contributed by atoms with van der Waals surface area (Å²) >= 11 is 0. The predicted octanol–water partition coefficient (Wildman–Crippen LogP) is 3.83. The minimum atomic E-state index is 0.276. The van der Waals surface area contributed by atoms with E-state index < -0.39 is 0 Å². The topological polar surface area (TPSA) is 28.2 Å². The molecule has 0 radical (unpaired) electrons. The number of benzene rings is 1. The molecule has 3 nitrogen and oxygen atoms in total. The maximum atomic E-state index is 4.56. The van der Waals surface area contributed by atoms with Crippen molar-refractivity contribution in [3.8, 4) is 0 Å². The van der Waals surface area contributed by atoms with Gasteiger partial charge in [-0.3, -0.25) is 4.98 Å². The van der Waals surface area contributed by atoms with Gasteiger partial charge in [0, 0.05) is 18.3 Å². The molecule has 0 aliphatic carbocycles. The van der Waals surface area contributed by atoms with E-state index in [9.17, 15) is 0 Å². The Morgan fingerprint density at radius 2 is 1.75 bits per heavy atom. The van der Waals surface area contributed by atoms with E-state index >= 15 is 0 Å². The fraction of sp³-hybridized carbons (Fsp3) is 0.353. The van der Waals surface area contributed by atoms with E-state index in [1.54, 1.807) is 0 Å². The molecule has 0 saturated carbocycles. The number of aryl methyl sites for hydroxylation is 1. The first-order valence-electron chi connectivity index (χ1n) is 7.13. The predicted molar refractivity (Wildman–Crippen MR) is 85.6 cm³/mol. The molecule has 0 bridgehead atoms. The Bertz CT molecular complexity index is 531. The Kier molecular flexibility index (Phi) is 4.74. The standard InChI is InChI=1S/C17H23N3/c1-5-20(15-8-6-13(2)7-9-15)16-10-11-17(19-12-16)14(3)18-4/h6-12,14,18H,5H2,1-4H3. The Morgan fingerprint density at radius 3 is 2.25 bits per heavy atom. The molecule has 106 valence electrons. The van der Waals surface area contributed by atoms with Crippen molar-refractivity contribution in [2.45, 2.75) is 26.8 Å². The first kappa shape index (κ1) is 14.5. The first-order chi connectivity index (χ1) is 9.65. The second-order valence-corrected chi connectivity index (χ2v) is 5.03. The van der Waals surface area contributed by atoms with Gasteiger partial charge in [-0.05, 0) is 52.1 Å². The molecule has 1 N–H and O–H groups in total. The largest absolute Gasteiger partial charge is 0.341 e. The van der Waals surface area contributed by atoms with E-state index in [0.29, 0.717) is 0 Å². The summed E-state index contributed by atoms with van der Waals surface area (Å²) in [6.07, 6.45) is 1.95.